The van der Waals surface area contributed by atoms with Crippen LogP contribution in [0.25, 0.3) is 0 Å². The number of carbonyl (C=O) groups is 1. The van der Waals surface area contributed by atoms with E-state index in [4.69, 9.17) is 0 Å². The van der Waals surface area contributed by atoms with Crippen LogP contribution < -0.4 is 4.90 Å². The molecular weight excluding hydrogens is 407 g/mol. The van der Waals surface area contributed by atoms with Crippen LogP contribution in [0.15, 0.2) is 23.1 Å². The van der Waals surface area contributed by atoms with E-state index in [1.54, 1.807) is 4.90 Å². The number of hydrogen-bond donors (Lipinski definition) is 0. The molecule has 1 aromatic rings. The van der Waals surface area contributed by atoms with Crippen LogP contribution >= 0.6 is 0 Å². The highest BCUT2D eigenvalue weighted by Gasteiger charge is 2.30. The molecule has 0 unspecified atom stereocenters. The fraction of sp³-hybridized carbons (Fsp3) is 0.533. The Labute approximate surface area is 158 Å². The van der Waals surface area contributed by atoms with Gasteiger partial charge in [0.25, 0.3) is 5.69 Å². The monoisotopic (exact) mass is 425 g/mol. The Morgan fingerprint density at radius 2 is 1.86 bits per heavy atom. The first kappa shape index (κ1) is 21.9. The lowest BCUT2D eigenvalue weighted by Crippen LogP contribution is -2.50. The molecule has 13 heteroatoms. The van der Waals surface area contributed by atoms with Gasteiger partial charge in [-0.1, -0.05) is 0 Å². The second-order valence-corrected chi connectivity index (χ2v) is 8.17. The van der Waals surface area contributed by atoms with Crippen molar-refractivity contribution in [2.45, 2.75) is 11.1 Å². The third-order valence-electron chi connectivity index (χ3n) is 4.04. The summed E-state index contributed by atoms with van der Waals surface area (Å²) in [7, 11) is -3.62. The molecule has 1 fully saturated rings. The van der Waals surface area contributed by atoms with Gasteiger partial charge in [-0.05, 0) is 12.1 Å². The highest BCUT2D eigenvalue weighted by molar-refractivity contribution is 7.90. The van der Waals surface area contributed by atoms with Gasteiger partial charge in [0.2, 0.25) is 5.91 Å². The van der Waals surface area contributed by atoms with Crippen molar-refractivity contribution in [2.75, 3.05) is 50.5 Å². The van der Waals surface area contributed by atoms with Crippen molar-refractivity contribution in [3.8, 4) is 0 Å². The minimum atomic E-state index is -4.52. The number of sulfone groups is 1. The zero-order valence-corrected chi connectivity index (χ0v) is 15.6. The van der Waals surface area contributed by atoms with Crippen LogP contribution in [0.2, 0.25) is 0 Å². The van der Waals surface area contributed by atoms with Crippen LogP contribution in [0.3, 0.4) is 0 Å². The number of nitrogens with zero attached hydrogens (tertiary/aromatic N) is 3. The summed E-state index contributed by atoms with van der Waals surface area (Å²) in [5, 5.41) is 11.3. The topological polar surface area (TPSA) is 110 Å². The second kappa shape index (κ2) is 8.31. The van der Waals surface area contributed by atoms with Crippen LogP contribution in [-0.4, -0.2) is 76.0 Å². The highest BCUT2D eigenvalue weighted by Crippen LogP contribution is 2.31. The Hall–Kier alpha value is -2.41. The predicted octanol–water partition coefficient (Wildman–Crippen LogP) is 1.23. The number of anilines is 1. The van der Waals surface area contributed by atoms with Crippen LogP contribution in [0.5, 0.6) is 0 Å². The summed E-state index contributed by atoms with van der Waals surface area (Å²) in [6.07, 6.45) is -3.58. The Morgan fingerprint density at radius 1 is 1.25 bits per heavy atom. The third kappa shape index (κ3) is 5.79. The fourth-order valence-electron chi connectivity index (χ4n) is 2.69. The molecule has 9 nitrogen and oxygen atoms in total. The summed E-state index contributed by atoms with van der Waals surface area (Å²) < 4.78 is 63.7. The zero-order chi connectivity index (χ0) is 21.1. The van der Waals surface area contributed by atoms with E-state index in [-0.39, 0.29) is 42.4 Å². The van der Waals surface area contributed by atoms with Crippen molar-refractivity contribution in [1.82, 2.24) is 4.90 Å². The molecule has 28 heavy (non-hydrogen) atoms. The van der Waals surface area contributed by atoms with Gasteiger partial charge in [0.05, 0.1) is 9.82 Å². The van der Waals surface area contributed by atoms with Crippen molar-refractivity contribution in [1.29, 1.82) is 0 Å². The molecule has 1 heterocycles. The van der Waals surface area contributed by atoms with Crippen molar-refractivity contribution in [2.24, 2.45) is 0 Å². The lowest BCUT2D eigenvalue weighted by atomic mass is 10.2. The molecule has 0 atom stereocenters. The number of ether oxygens (including phenoxy) is 1. The number of benzene rings is 1. The average Bonchev–Trinajstić information content (AvgIpc) is 2.59. The lowest BCUT2D eigenvalue weighted by molar-refractivity contribution is -0.384. The van der Waals surface area contributed by atoms with Gasteiger partial charge in [-0.2, -0.15) is 13.2 Å². The molecule has 0 radical (unpaired) electrons. The van der Waals surface area contributed by atoms with Gasteiger partial charge in [-0.15, -0.1) is 0 Å². The zero-order valence-electron chi connectivity index (χ0n) is 14.8. The highest BCUT2D eigenvalue weighted by atomic mass is 32.2. The van der Waals surface area contributed by atoms with Gasteiger partial charge in [0.15, 0.2) is 9.84 Å². The minimum absolute atomic E-state index is 0.138. The summed E-state index contributed by atoms with van der Waals surface area (Å²) >= 11 is 0. The summed E-state index contributed by atoms with van der Waals surface area (Å²) in [6, 6.07) is 3.58. The number of amides is 1. The quantitative estimate of drug-likeness (QED) is 0.498. The maximum Gasteiger partial charge on any atom is 0.411 e. The van der Waals surface area contributed by atoms with E-state index in [0.29, 0.717) is 0 Å². The van der Waals surface area contributed by atoms with Gasteiger partial charge >= 0.3 is 6.18 Å². The Bertz CT molecular complexity index is 851. The fourth-order valence-corrected chi connectivity index (χ4v) is 3.33. The number of nitro groups is 1. The average molecular weight is 425 g/mol. The summed E-state index contributed by atoms with van der Waals surface area (Å²) in [4.78, 5) is 25.3. The second-order valence-electron chi connectivity index (χ2n) is 6.16. The molecule has 0 saturated carbocycles. The number of hydrogen-bond acceptors (Lipinski definition) is 7. The molecule has 0 spiro atoms. The van der Waals surface area contributed by atoms with E-state index in [2.05, 4.69) is 4.74 Å². The number of nitro benzene ring substituents is 1. The maximum atomic E-state index is 12.0. The molecule has 1 amide bonds. The molecule has 0 bridgehead atoms. The van der Waals surface area contributed by atoms with Crippen molar-refractivity contribution in [3.05, 3.63) is 28.3 Å². The van der Waals surface area contributed by atoms with E-state index in [0.717, 1.165) is 12.3 Å². The first-order valence-electron chi connectivity index (χ1n) is 8.04. The largest absolute Gasteiger partial charge is 0.411 e. The van der Waals surface area contributed by atoms with Gasteiger partial charge < -0.3 is 14.5 Å². The van der Waals surface area contributed by atoms with Crippen molar-refractivity contribution in [3.63, 3.8) is 0 Å². The smallest absolute Gasteiger partial charge is 0.362 e. The standard InChI is InChI=1S/C15H18F3N3O6S/c1-28(25,26)11-2-3-12(13(8-11)21(23)24)19-4-6-20(7-5-19)14(22)9-27-10-15(16,17)18/h2-3,8H,4-7,9-10H2,1H3. The molecule has 1 saturated heterocycles. The molecule has 1 aliphatic heterocycles. The number of alkyl halides is 3. The molecular formula is C15H18F3N3O6S. The van der Waals surface area contributed by atoms with Crippen LogP contribution in [-0.2, 0) is 19.4 Å². The maximum absolute atomic E-state index is 12.0. The van der Waals surface area contributed by atoms with E-state index in [1.165, 1.54) is 17.0 Å². The van der Waals surface area contributed by atoms with Gasteiger partial charge in [0.1, 0.15) is 18.9 Å². The number of rotatable bonds is 6. The van der Waals surface area contributed by atoms with E-state index >= 15 is 0 Å². The number of piperazine rings is 1. The Kier molecular flexibility index (Phi) is 6.49. The lowest BCUT2D eigenvalue weighted by Gasteiger charge is -2.35. The minimum Gasteiger partial charge on any atom is -0.362 e. The summed E-state index contributed by atoms with van der Waals surface area (Å²) in [6.45, 7) is -1.55. The van der Waals surface area contributed by atoms with E-state index in [1.807, 2.05) is 0 Å². The van der Waals surface area contributed by atoms with Crippen LogP contribution in [0.4, 0.5) is 24.5 Å². The molecule has 1 aromatic carbocycles. The summed E-state index contributed by atoms with van der Waals surface area (Å²) in [5.41, 5.74) is -0.172. The van der Waals surface area contributed by atoms with Gasteiger partial charge in [-0.3, -0.25) is 14.9 Å². The third-order valence-corrected chi connectivity index (χ3v) is 5.15. The predicted molar refractivity (Wildman–Crippen MR) is 91.9 cm³/mol. The van der Waals surface area contributed by atoms with Gasteiger partial charge in [-0.25, -0.2) is 8.42 Å². The summed E-state index contributed by atoms with van der Waals surface area (Å²) in [5.74, 6) is -0.606. The van der Waals surface area contributed by atoms with E-state index < -0.39 is 40.1 Å². The molecule has 0 N–H and O–H groups in total. The van der Waals surface area contributed by atoms with Crippen molar-refractivity contribution >= 4 is 27.1 Å². The van der Waals surface area contributed by atoms with Crippen LogP contribution in [0, 0.1) is 10.1 Å². The van der Waals surface area contributed by atoms with Crippen molar-refractivity contribution < 1.29 is 36.0 Å². The SMILES string of the molecule is CS(=O)(=O)c1ccc(N2CCN(C(=O)COCC(F)(F)F)CC2)c([N+](=O)[O-])c1. The van der Waals surface area contributed by atoms with E-state index in [9.17, 15) is 36.5 Å². The molecule has 156 valence electrons. The Morgan fingerprint density at radius 3 is 2.36 bits per heavy atom. The molecule has 2 rings (SSSR count). The van der Waals surface area contributed by atoms with Crippen LogP contribution in [0.1, 0.15) is 0 Å². The number of carbonyl (C=O) groups excluding carboxylic acids is 1. The number of halogens is 3. The first-order valence-corrected chi connectivity index (χ1v) is 9.93. The Balaban J connectivity index is 2.03. The molecule has 0 aliphatic carbocycles. The van der Waals surface area contributed by atoms with Gasteiger partial charge in [0, 0.05) is 38.5 Å². The molecule has 0 aromatic heterocycles. The normalized spacial score (nSPS) is 15.6. The first-order chi connectivity index (χ1) is 12.9. The molecule has 1 aliphatic rings.